The first-order valence-corrected chi connectivity index (χ1v) is 12.0. The summed E-state index contributed by atoms with van der Waals surface area (Å²) in [6.45, 7) is 4.64. The molecule has 0 radical (unpaired) electrons. The average molecular weight is 573 g/mol. The van der Waals surface area contributed by atoms with Crippen LogP contribution in [0.4, 0.5) is 0 Å². The summed E-state index contributed by atoms with van der Waals surface area (Å²) in [6, 6.07) is 25.3. The molecule has 0 amide bonds. The predicted octanol–water partition coefficient (Wildman–Crippen LogP) is 7.28. The molecule has 3 nitrogen and oxygen atoms in total. The topological polar surface area (TPSA) is 24.5 Å². The molecule has 0 bridgehead atoms. The van der Waals surface area contributed by atoms with E-state index in [0.29, 0.717) is 12.6 Å². The van der Waals surface area contributed by atoms with Gasteiger partial charge < -0.3 is 10.1 Å². The van der Waals surface area contributed by atoms with E-state index < -0.39 is 0 Å². The molecule has 1 saturated heterocycles. The molecule has 0 atom stereocenters. The van der Waals surface area contributed by atoms with Crippen LogP contribution in [0.25, 0.3) is 0 Å². The molecule has 1 heterocycles. The molecule has 0 aliphatic carbocycles. The van der Waals surface area contributed by atoms with Crippen LogP contribution >= 0.6 is 52.3 Å². The Kier molecular flexibility index (Phi) is 12.0. The molecule has 7 heteroatoms. The molecule has 0 saturated carbocycles. The van der Waals surface area contributed by atoms with E-state index in [9.17, 15) is 0 Å². The minimum Gasteiger partial charge on any atom is -0.489 e. The Labute approximate surface area is 222 Å². The van der Waals surface area contributed by atoms with Gasteiger partial charge in [-0.25, -0.2) is 0 Å². The molecule has 178 valence electrons. The van der Waals surface area contributed by atoms with E-state index in [-0.39, 0.29) is 24.8 Å². The van der Waals surface area contributed by atoms with Crippen molar-refractivity contribution < 1.29 is 4.74 Å². The van der Waals surface area contributed by atoms with Crippen molar-refractivity contribution in [1.82, 2.24) is 10.2 Å². The van der Waals surface area contributed by atoms with Crippen molar-refractivity contribution in [1.29, 1.82) is 0 Å². The number of hydrogen-bond acceptors (Lipinski definition) is 3. The molecule has 3 aromatic rings. The second kappa shape index (κ2) is 14.2. The third kappa shape index (κ3) is 8.79. The van der Waals surface area contributed by atoms with E-state index in [4.69, 9.17) is 16.3 Å². The normalized spacial score (nSPS) is 14.2. The van der Waals surface area contributed by atoms with Crippen molar-refractivity contribution in [2.24, 2.45) is 0 Å². The molecule has 0 spiro atoms. The van der Waals surface area contributed by atoms with Gasteiger partial charge in [-0.05, 0) is 67.4 Å². The van der Waals surface area contributed by atoms with Crippen LogP contribution in [-0.4, -0.2) is 24.0 Å². The number of nitrogens with one attached hydrogen (secondary N) is 1. The van der Waals surface area contributed by atoms with Gasteiger partial charge in [-0.3, -0.25) is 4.90 Å². The highest BCUT2D eigenvalue weighted by molar-refractivity contribution is 9.10. The zero-order valence-corrected chi connectivity index (χ0v) is 22.4. The fraction of sp³-hybridized carbons (Fsp3) is 0.308. The highest BCUT2D eigenvalue weighted by Gasteiger charge is 2.19. The second-order valence-corrected chi connectivity index (χ2v) is 9.44. The number of halogens is 4. The summed E-state index contributed by atoms with van der Waals surface area (Å²) in [6.07, 6.45) is 2.34. The average Bonchev–Trinajstić information content (AvgIpc) is 2.80. The Hall–Kier alpha value is -1.27. The maximum Gasteiger partial charge on any atom is 0.124 e. The van der Waals surface area contributed by atoms with Gasteiger partial charge in [0.25, 0.3) is 0 Å². The summed E-state index contributed by atoms with van der Waals surface area (Å²) in [4.78, 5) is 2.55. The zero-order valence-electron chi connectivity index (χ0n) is 18.4. The van der Waals surface area contributed by atoms with Gasteiger partial charge in [0.1, 0.15) is 12.4 Å². The van der Waals surface area contributed by atoms with Crippen LogP contribution in [0.15, 0.2) is 77.3 Å². The zero-order chi connectivity index (χ0) is 21.5. The van der Waals surface area contributed by atoms with Crippen LogP contribution in [0, 0.1) is 0 Å². The van der Waals surface area contributed by atoms with Crippen molar-refractivity contribution in [3.05, 3.63) is 99.0 Å². The first kappa shape index (κ1) is 28.0. The van der Waals surface area contributed by atoms with Gasteiger partial charge in [0.15, 0.2) is 0 Å². The van der Waals surface area contributed by atoms with Crippen LogP contribution in [0.5, 0.6) is 5.75 Å². The molecule has 1 fully saturated rings. The molecule has 1 aliphatic heterocycles. The van der Waals surface area contributed by atoms with Crippen molar-refractivity contribution in [2.75, 3.05) is 13.1 Å². The SMILES string of the molecule is Cl.Cl.Clc1ccc(COc2ccc(Br)cc2CNC2CCN(Cc3ccccc3)CC2)cc1. The lowest BCUT2D eigenvalue weighted by Gasteiger charge is -2.32. The standard InChI is InChI=1S/C26H28BrClN2O.2ClH/c27-23-8-11-26(31-19-21-6-9-24(28)10-7-21)22(16-23)17-29-25-12-14-30(15-13-25)18-20-4-2-1-3-5-20;;/h1-11,16,25,29H,12-15,17-19H2;2*1H. The highest BCUT2D eigenvalue weighted by Crippen LogP contribution is 2.25. The maximum absolute atomic E-state index is 6.13. The third-order valence-corrected chi connectivity index (χ3v) is 6.49. The first-order chi connectivity index (χ1) is 15.2. The van der Waals surface area contributed by atoms with Gasteiger partial charge >= 0.3 is 0 Å². The Bertz CT molecular complexity index is 965. The number of nitrogens with zero attached hydrogens (tertiary/aromatic N) is 1. The summed E-state index contributed by atoms with van der Waals surface area (Å²) in [7, 11) is 0. The van der Waals surface area contributed by atoms with Crippen molar-refractivity contribution in [3.63, 3.8) is 0 Å². The molecular weight excluding hydrogens is 543 g/mol. The van der Waals surface area contributed by atoms with Crippen LogP contribution in [0.1, 0.15) is 29.5 Å². The van der Waals surface area contributed by atoms with Crippen molar-refractivity contribution >= 4 is 52.3 Å². The summed E-state index contributed by atoms with van der Waals surface area (Å²) < 4.78 is 7.20. The molecule has 0 unspecified atom stereocenters. The van der Waals surface area contributed by atoms with E-state index in [1.54, 1.807) is 0 Å². The molecular formula is C26H30BrCl3N2O. The van der Waals surface area contributed by atoms with E-state index in [0.717, 1.165) is 47.0 Å². The summed E-state index contributed by atoms with van der Waals surface area (Å²) in [5.41, 5.74) is 3.68. The summed E-state index contributed by atoms with van der Waals surface area (Å²) in [5, 5.41) is 4.49. The number of hydrogen-bond donors (Lipinski definition) is 1. The lowest BCUT2D eigenvalue weighted by atomic mass is 10.0. The van der Waals surface area contributed by atoms with Crippen LogP contribution < -0.4 is 10.1 Å². The predicted molar refractivity (Wildman–Crippen MR) is 146 cm³/mol. The number of ether oxygens (including phenoxy) is 1. The number of piperidine rings is 1. The minimum absolute atomic E-state index is 0. The highest BCUT2D eigenvalue weighted by atomic mass is 79.9. The summed E-state index contributed by atoms with van der Waals surface area (Å²) in [5.74, 6) is 0.923. The lowest BCUT2D eigenvalue weighted by molar-refractivity contribution is 0.189. The number of benzene rings is 3. The van der Waals surface area contributed by atoms with Gasteiger partial charge in [0, 0.05) is 34.2 Å². The molecule has 0 aromatic heterocycles. The van der Waals surface area contributed by atoms with E-state index in [1.807, 2.05) is 36.4 Å². The smallest absolute Gasteiger partial charge is 0.124 e. The molecule has 1 N–H and O–H groups in total. The van der Waals surface area contributed by atoms with Crippen LogP contribution in [0.2, 0.25) is 5.02 Å². The fourth-order valence-electron chi connectivity index (χ4n) is 3.96. The van der Waals surface area contributed by atoms with Crippen molar-refractivity contribution in [3.8, 4) is 5.75 Å². The molecule has 33 heavy (non-hydrogen) atoms. The largest absolute Gasteiger partial charge is 0.489 e. The maximum atomic E-state index is 6.13. The molecule has 4 rings (SSSR count). The van der Waals surface area contributed by atoms with Crippen LogP contribution in [-0.2, 0) is 19.7 Å². The van der Waals surface area contributed by atoms with Gasteiger partial charge in [0.05, 0.1) is 0 Å². The first-order valence-electron chi connectivity index (χ1n) is 10.8. The Morgan fingerprint density at radius 1 is 0.909 bits per heavy atom. The van der Waals surface area contributed by atoms with Gasteiger partial charge in [-0.2, -0.15) is 0 Å². The van der Waals surface area contributed by atoms with Crippen molar-refractivity contribution in [2.45, 2.75) is 38.6 Å². The molecule has 1 aliphatic rings. The third-order valence-electron chi connectivity index (χ3n) is 5.75. The van der Waals surface area contributed by atoms with Gasteiger partial charge in [0.2, 0.25) is 0 Å². The van der Waals surface area contributed by atoms with E-state index in [1.165, 1.54) is 24.0 Å². The Morgan fingerprint density at radius 3 is 2.30 bits per heavy atom. The lowest BCUT2D eigenvalue weighted by Crippen LogP contribution is -2.41. The second-order valence-electron chi connectivity index (χ2n) is 8.08. The van der Waals surface area contributed by atoms with E-state index >= 15 is 0 Å². The quantitative estimate of drug-likeness (QED) is 0.307. The Morgan fingerprint density at radius 2 is 1.61 bits per heavy atom. The van der Waals surface area contributed by atoms with Gasteiger partial charge in [-0.15, -0.1) is 24.8 Å². The van der Waals surface area contributed by atoms with E-state index in [2.05, 4.69) is 62.5 Å². The summed E-state index contributed by atoms with van der Waals surface area (Å²) >= 11 is 9.58. The van der Waals surface area contributed by atoms with Gasteiger partial charge in [-0.1, -0.05) is 70.0 Å². The van der Waals surface area contributed by atoms with Crippen LogP contribution in [0.3, 0.4) is 0 Å². The fourth-order valence-corrected chi connectivity index (χ4v) is 4.49. The Balaban J connectivity index is 0.00000193. The number of likely N-dealkylation sites (tertiary alicyclic amines) is 1. The monoisotopic (exact) mass is 570 g/mol. The molecule has 3 aromatic carbocycles. The number of rotatable bonds is 8. The minimum atomic E-state index is 0.